The summed E-state index contributed by atoms with van der Waals surface area (Å²) in [7, 11) is 2.58. The Kier molecular flexibility index (Phi) is 4.31. The van der Waals surface area contributed by atoms with Crippen LogP contribution in [0.5, 0.6) is 0 Å². The van der Waals surface area contributed by atoms with E-state index in [0.29, 0.717) is 16.1 Å². The highest BCUT2D eigenvalue weighted by Gasteiger charge is 2.11. The molecule has 0 amide bonds. The summed E-state index contributed by atoms with van der Waals surface area (Å²) in [6.07, 6.45) is 0.0279. The maximum atomic E-state index is 11.3. The molecule has 4 nitrogen and oxygen atoms in total. The van der Waals surface area contributed by atoms with Crippen molar-refractivity contribution in [1.29, 1.82) is 0 Å². The zero-order chi connectivity index (χ0) is 12.1. The molecule has 0 spiro atoms. The lowest BCUT2D eigenvalue weighted by Gasteiger charge is -2.05. The van der Waals surface area contributed by atoms with Gasteiger partial charge in [-0.2, -0.15) is 0 Å². The van der Waals surface area contributed by atoms with Crippen molar-refractivity contribution in [2.45, 2.75) is 6.42 Å². The molecule has 86 valence electrons. The number of carbonyl (C=O) groups is 2. The molecule has 0 heterocycles. The molecular weight excluding hydrogens is 232 g/mol. The highest BCUT2D eigenvalue weighted by molar-refractivity contribution is 6.31. The summed E-state index contributed by atoms with van der Waals surface area (Å²) in [6, 6.07) is 4.60. The van der Waals surface area contributed by atoms with Crippen LogP contribution in [0.25, 0.3) is 0 Å². The Bertz CT molecular complexity index is 414. The summed E-state index contributed by atoms with van der Waals surface area (Å²) >= 11 is 5.89. The number of halogens is 1. The molecule has 1 rings (SSSR count). The van der Waals surface area contributed by atoms with Crippen molar-refractivity contribution in [3.05, 3.63) is 34.3 Å². The number of carbonyl (C=O) groups excluding carboxylic acids is 2. The highest BCUT2D eigenvalue weighted by Crippen LogP contribution is 2.19. The standard InChI is InChI=1S/C11H11ClO4/c1-15-10(13)6-8-5-7(11(14)16-2)3-4-9(8)12/h3-5H,6H2,1-2H3. The summed E-state index contributed by atoms with van der Waals surface area (Å²) in [5.41, 5.74) is 0.891. The molecule has 0 atom stereocenters. The van der Waals surface area contributed by atoms with E-state index in [0.717, 1.165) is 0 Å². The zero-order valence-corrected chi connectivity index (χ0v) is 9.71. The molecule has 0 bridgehead atoms. The minimum absolute atomic E-state index is 0.0279. The molecule has 0 N–H and O–H groups in total. The van der Waals surface area contributed by atoms with Crippen molar-refractivity contribution in [2.24, 2.45) is 0 Å². The van der Waals surface area contributed by atoms with E-state index in [-0.39, 0.29) is 6.42 Å². The molecule has 0 aliphatic rings. The van der Waals surface area contributed by atoms with Crippen LogP contribution in [0.3, 0.4) is 0 Å². The molecule has 16 heavy (non-hydrogen) atoms. The molecule has 0 unspecified atom stereocenters. The number of ether oxygens (including phenoxy) is 2. The van der Waals surface area contributed by atoms with Gasteiger partial charge in [-0.3, -0.25) is 4.79 Å². The summed E-state index contributed by atoms with van der Waals surface area (Å²) in [4.78, 5) is 22.3. The van der Waals surface area contributed by atoms with Crippen LogP contribution in [-0.2, 0) is 20.7 Å². The Balaban J connectivity index is 2.99. The molecule has 0 aliphatic heterocycles. The van der Waals surface area contributed by atoms with E-state index in [4.69, 9.17) is 11.6 Å². The predicted molar refractivity (Wildman–Crippen MR) is 58.5 cm³/mol. The first-order chi connectivity index (χ1) is 7.58. The Labute approximate surface area is 98.1 Å². The molecule has 0 saturated heterocycles. The van der Waals surface area contributed by atoms with Crippen LogP contribution in [0, 0.1) is 0 Å². The lowest BCUT2D eigenvalue weighted by Crippen LogP contribution is -2.07. The van der Waals surface area contributed by atoms with Crippen LogP contribution in [-0.4, -0.2) is 26.2 Å². The van der Waals surface area contributed by atoms with Gasteiger partial charge in [-0.1, -0.05) is 11.6 Å². The largest absolute Gasteiger partial charge is 0.469 e. The van der Waals surface area contributed by atoms with Crippen LogP contribution in [0.1, 0.15) is 15.9 Å². The number of hydrogen-bond donors (Lipinski definition) is 0. The summed E-state index contributed by atoms with van der Waals surface area (Å²) in [6.45, 7) is 0. The van der Waals surface area contributed by atoms with Crippen molar-refractivity contribution >= 4 is 23.5 Å². The average molecular weight is 243 g/mol. The Morgan fingerprint density at radius 2 is 1.94 bits per heavy atom. The van der Waals surface area contributed by atoms with Gasteiger partial charge in [0, 0.05) is 5.02 Å². The van der Waals surface area contributed by atoms with Crippen molar-refractivity contribution in [2.75, 3.05) is 14.2 Å². The van der Waals surface area contributed by atoms with Gasteiger partial charge < -0.3 is 9.47 Å². The first-order valence-electron chi connectivity index (χ1n) is 4.52. The zero-order valence-electron chi connectivity index (χ0n) is 8.95. The molecule has 0 aliphatic carbocycles. The van der Waals surface area contributed by atoms with Gasteiger partial charge in [0.05, 0.1) is 26.2 Å². The highest BCUT2D eigenvalue weighted by atomic mass is 35.5. The topological polar surface area (TPSA) is 52.6 Å². The maximum Gasteiger partial charge on any atom is 0.337 e. The fourth-order valence-electron chi connectivity index (χ4n) is 1.18. The van der Waals surface area contributed by atoms with Crippen LogP contribution in [0.15, 0.2) is 18.2 Å². The summed E-state index contributed by atoms with van der Waals surface area (Å²) < 4.78 is 9.09. The van der Waals surface area contributed by atoms with Crippen LogP contribution in [0.2, 0.25) is 5.02 Å². The normalized spacial score (nSPS) is 9.69. The third-order valence-electron chi connectivity index (χ3n) is 2.03. The van der Waals surface area contributed by atoms with E-state index in [1.807, 2.05) is 0 Å². The predicted octanol–water partition coefficient (Wildman–Crippen LogP) is 1.84. The Hall–Kier alpha value is -1.55. The van der Waals surface area contributed by atoms with Crippen LogP contribution >= 0.6 is 11.6 Å². The van der Waals surface area contributed by atoms with E-state index in [1.165, 1.54) is 26.4 Å². The summed E-state index contributed by atoms with van der Waals surface area (Å²) in [5, 5.41) is 0.415. The minimum atomic E-state index is -0.470. The lowest BCUT2D eigenvalue weighted by molar-refractivity contribution is -0.139. The second-order valence-electron chi connectivity index (χ2n) is 3.05. The molecule has 0 radical (unpaired) electrons. The first kappa shape index (κ1) is 12.5. The van der Waals surface area contributed by atoms with E-state index in [2.05, 4.69) is 9.47 Å². The van der Waals surface area contributed by atoms with E-state index in [1.54, 1.807) is 6.07 Å². The van der Waals surface area contributed by atoms with Crippen molar-refractivity contribution in [3.8, 4) is 0 Å². The smallest absolute Gasteiger partial charge is 0.337 e. The third kappa shape index (κ3) is 2.97. The van der Waals surface area contributed by atoms with E-state index < -0.39 is 11.9 Å². The Morgan fingerprint density at radius 1 is 1.25 bits per heavy atom. The average Bonchev–Trinajstić information content (AvgIpc) is 2.30. The van der Waals surface area contributed by atoms with Gasteiger partial charge in [0.1, 0.15) is 0 Å². The van der Waals surface area contributed by atoms with Gasteiger partial charge in [0.25, 0.3) is 0 Å². The fourth-order valence-corrected chi connectivity index (χ4v) is 1.37. The third-order valence-corrected chi connectivity index (χ3v) is 2.40. The SMILES string of the molecule is COC(=O)Cc1cc(C(=O)OC)ccc1Cl. The quantitative estimate of drug-likeness (QED) is 0.759. The second kappa shape index (κ2) is 5.51. The van der Waals surface area contributed by atoms with Crippen molar-refractivity contribution in [1.82, 2.24) is 0 Å². The minimum Gasteiger partial charge on any atom is -0.469 e. The first-order valence-corrected chi connectivity index (χ1v) is 4.90. The molecular formula is C11H11ClO4. The number of benzene rings is 1. The number of rotatable bonds is 3. The van der Waals surface area contributed by atoms with E-state index in [9.17, 15) is 9.59 Å². The van der Waals surface area contributed by atoms with Gasteiger partial charge in [0.2, 0.25) is 0 Å². The van der Waals surface area contributed by atoms with Gasteiger partial charge >= 0.3 is 11.9 Å². The van der Waals surface area contributed by atoms with E-state index >= 15 is 0 Å². The maximum absolute atomic E-state index is 11.3. The van der Waals surface area contributed by atoms with Crippen LogP contribution < -0.4 is 0 Å². The molecule has 0 saturated carbocycles. The Morgan fingerprint density at radius 3 is 2.50 bits per heavy atom. The lowest BCUT2D eigenvalue weighted by atomic mass is 10.1. The van der Waals surface area contributed by atoms with Crippen molar-refractivity contribution in [3.63, 3.8) is 0 Å². The van der Waals surface area contributed by atoms with Gasteiger partial charge in [-0.05, 0) is 23.8 Å². The number of esters is 2. The molecule has 1 aromatic rings. The van der Waals surface area contributed by atoms with Gasteiger partial charge in [0.15, 0.2) is 0 Å². The van der Waals surface area contributed by atoms with Crippen molar-refractivity contribution < 1.29 is 19.1 Å². The second-order valence-corrected chi connectivity index (χ2v) is 3.46. The number of hydrogen-bond acceptors (Lipinski definition) is 4. The monoisotopic (exact) mass is 242 g/mol. The van der Waals surface area contributed by atoms with Gasteiger partial charge in [-0.25, -0.2) is 4.79 Å². The number of methoxy groups -OCH3 is 2. The molecule has 0 fully saturated rings. The molecule has 1 aromatic carbocycles. The summed E-state index contributed by atoms with van der Waals surface area (Å²) in [5.74, 6) is -0.883. The van der Waals surface area contributed by atoms with Crippen LogP contribution in [0.4, 0.5) is 0 Å². The molecule has 5 heteroatoms. The molecule has 0 aromatic heterocycles. The fraction of sp³-hybridized carbons (Fsp3) is 0.273. The van der Waals surface area contributed by atoms with Gasteiger partial charge in [-0.15, -0.1) is 0 Å².